The molecular formula is C10H12ClNO. The van der Waals surface area contributed by atoms with Crippen molar-refractivity contribution in [2.24, 2.45) is 0 Å². The van der Waals surface area contributed by atoms with Crippen LogP contribution >= 0.6 is 11.6 Å². The number of nitrogens with one attached hydrogen (secondary N) is 1. The fourth-order valence-corrected chi connectivity index (χ4v) is 1.14. The molecule has 3 heteroatoms. The van der Waals surface area contributed by atoms with Gasteiger partial charge in [-0.3, -0.25) is 4.79 Å². The summed E-state index contributed by atoms with van der Waals surface area (Å²) in [7, 11) is 0. The lowest BCUT2D eigenvalue weighted by molar-refractivity contribution is 1.18. The summed E-state index contributed by atoms with van der Waals surface area (Å²) in [5.74, 6) is 0.584. The molecule has 1 aromatic heterocycles. The van der Waals surface area contributed by atoms with Gasteiger partial charge in [0.2, 0.25) is 0 Å². The minimum absolute atomic E-state index is 0.0589. The van der Waals surface area contributed by atoms with Gasteiger partial charge in [-0.05, 0) is 25.0 Å². The predicted octanol–water partition coefficient (Wildman–Crippen LogP) is 2.33. The lowest BCUT2D eigenvalue weighted by Gasteiger charge is -1.94. The second-order valence-electron chi connectivity index (χ2n) is 2.84. The number of hydrogen-bond donors (Lipinski definition) is 1. The van der Waals surface area contributed by atoms with Crippen LogP contribution in [0.5, 0.6) is 0 Å². The Labute approximate surface area is 82.3 Å². The third kappa shape index (κ3) is 3.07. The minimum Gasteiger partial charge on any atom is -0.328 e. The van der Waals surface area contributed by atoms with Gasteiger partial charge in [0.15, 0.2) is 0 Å². The lowest BCUT2D eigenvalue weighted by atomic mass is 10.2. The maximum Gasteiger partial charge on any atom is 0.255 e. The number of pyridine rings is 1. The smallest absolute Gasteiger partial charge is 0.255 e. The molecule has 0 fully saturated rings. The molecule has 0 aliphatic carbocycles. The highest BCUT2D eigenvalue weighted by Crippen LogP contribution is 1.99. The van der Waals surface area contributed by atoms with Crippen LogP contribution in [0, 0.1) is 6.92 Å². The topological polar surface area (TPSA) is 32.9 Å². The molecule has 2 nitrogen and oxygen atoms in total. The zero-order chi connectivity index (χ0) is 9.68. The van der Waals surface area contributed by atoms with Crippen molar-refractivity contribution in [2.45, 2.75) is 13.3 Å². The van der Waals surface area contributed by atoms with Crippen LogP contribution in [0.4, 0.5) is 0 Å². The number of allylic oxidation sites excluding steroid dienone is 1. The molecule has 0 radical (unpaired) electrons. The van der Waals surface area contributed by atoms with Gasteiger partial charge in [-0.2, -0.15) is 0 Å². The van der Waals surface area contributed by atoms with Crippen LogP contribution in [0.25, 0.3) is 6.08 Å². The minimum atomic E-state index is -0.0589. The maximum absolute atomic E-state index is 11.2. The number of aryl methyl sites for hydroxylation is 1. The average molecular weight is 198 g/mol. The molecule has 0 aliphatic heterocycles. The zero-order valence-electron chi connectivity index (χ0n) is 7.51. The molecule has 0 aliphatic rings. The van der Waals surface area contributed by atoms with Crippen molar-refractivity contribution in [1.29, 1.82) is 0 Å². The number of aromatic nitrogens is 1. The van der Waals surface area contributed by atoms with E-state index in [2.05, 4.69) is 4.98 Å². The Morgan fingerprint density at radius 3 is 3.08 bits per heavy atom. The van der Waals surface area contributed by atoms with Crippen molar-refractivity contribution in [2.75, 3.05) is 5.88 Å². The van der Waals surface area contributed by atoms with Crippen molar-refractivity contribution in [1.82, 2.24) is 4.98 Å². The van der Waals surface area contributed by atoms with Crippen LogP contribution < -0.4 is 5.56 Å². The molecule has 13 heavy (non-hydrogen) atoms. The van der Waals surface area contributed by atoms with Crippen LogP contribution in [0.2, 0.25) is 0 Å². The summed E-state index contributed by atoms with van der Waals surface area (Å²) < 4.78 is 0. The van der Waals surface area contributed by atoms with E-state index >= 15 is 0 Å². The molecule has 70 valence electrons. The largest absolute Gasteiger partial charge is 0.328 e. The van der Waals surface area contributed by atoms with E-state index in [1.54, 1.807) is 12.3 Å². The van der Waals surface area contributed by atoms with Crippen LogP contribution in [0.15, 0.2) is 23.1 Å². The molecule has 0 bridgehead atoms. The maximum atomic E-state index is 11.2. The van der Waals surface area contributed by atoms with Gasteiger partial charge in [-0.15, -0.1) is 11.6 Å². The van der Waals surface area contributed by atoms with Gasteiger partial charge in [0.25, 0.3) is 5.56 Å². The first-order valence-electron chi connectivity index (χ1n) is 4.16. The normalized spacial score (nSPS) is 10.9. The SMILES string of the molecule is Cc1c[nH]c(=O)c(C=CCCCl)c1. The molecule has 1 rings (SSSR count). The number of alkyl halides is 1. The van der Waals surface area contributed by atoms with Gasteiger partial charge in [-0.1, -0.05) is 12.2 Å². The van der Waals surface area contributed by atoms with E-state index in [9.17, 15) is 4.79 Å². The summed E-state index contributed by atoms with van der Waals surface area (Å²) in [4.78, 5) is 13.9. The van der Waals surface area contributed by atoms with E-state index in [0.29, 0.717) is 11.4 Å². The third-order valence-corrected chi connectivity index (χ3v) is 1.87. The van der Waals surface area contributed by atoms with Crippen molar-refractivity contribution < 1.29 is 0 Å². The molecule has 1 N–H and O–H groups in total. The summed E-state index contributed by atoms with van der Waals surface area (Å²) >= 11 is 5.50. The summed E-state index contributed by atoms with van der Waals surface area (Å²) in [6.07, 6.45) is 6.18. The summed E-state index contributed by atoms with van der Waals surface area (Å²) in [6.45, 7) is 1.94. The first kappa shape index (κ1) is 10.1. The number of hydrogen-bond acceptors (Lipinski definition) is 1. The Bertz CT molecular complexity index is 354. The third-order valence-electron chi connectivity index (χ3n) is 1.65. The molecule has 1 heterocycles. The summed E-state index contributed by atoms with van der Waals surface area (Å²) in [5, 5.41) is 0. The lowest BCUT2D eigenvalue weighted by Crippen LogP contribution is -2.08. The molecule has 1 aromatic rings. The molecule has 0 atom stereocenters. The van der Waals surface area contributed by atoms with E-state index < -0.39 is 0 Å². The molecule has 0 spiro atoms. The van der Waals surface area contributed by atoms with Crippen molar-refractivity contribution >= 4 is 17.7 Å². The summed E-state index contributed by atoms with van der Waals surface area (Å²) in [5.41, 5.74) is 1.67. The van der Waals surface area contributed by atoms with Gasteiger partial charge in [0, 0.05) is 17.6 Å². The van der Waals surface area contributed by atoms with Gasteiger partial charge in [0.1, 0.15) is 0 Å². The first-order valence-corrected chi connectivity index (χ1v) is 4.69. The fourth-order valence-electron chi connectivity index (χ4n) is 1.01. The van der Waals surface area contributed by atoms with Gasteiger partial charge < -0.3 is 4.98 Å². The van der Waals surface area contributed by atoms with Gasteiger partial charge in [0.05, 0.1) is 0 Å². The van der Waals surface area contributed by atoms with E-state index in [1.807, 2.05) is 19.1 Å². The average Bonchev–Trinajstić information content (AvgIpc) is 2.11. The highest BCUT2D eigenvalue weighted by atomic mass is 35.5. The molecule has 0 unspecified atom stereocenters. The second kappa shape index (κ2) is 4.87. The Morgan fingerprint density at radius 1 is 1.62 bits per heavy atom. The molecule has 0 saturated carbocycles. The van der Waals surface area contributed by atoms with E-state index in [1.165, 1.54) is 0 Å². The van der Waals surface area contributed by atoms with Gasteiger partial charge in [-0.25, -0.2) is 0 Å². The Morgan fingerprint density at radius 2 is 2.38 bits per heavy atom. The van der Waals surface area contributed by atoms with Crippen LogP contribution in [0.1, 0.15) is 17.5 Å². The van der Waals surface area contributed by atoms with Gasteiger partial charge >= 0.3 is 0 Å². The standard InChI is InChI=1S/C10H12ClNO/c1-8-6-9(4-2-3-5-11)10(13)12-7-8/h2,4,6-7H,3,5H2,1H3,(H,12,13). The van der Waals surface area contributed by atoms with Crippen molar-refractivity contribution in [3.63, 3.8) is 0 Å². The summed E-state index contributed by atoms with van der Waals surface area (Å²) in [6, 6.07) is 1.85. The Hall–Kier alpha value is -1.02. The molecule has 0 amide bonds. The second-order valence-corrected chi connectivity index (χ2v) is 3.22. The predicted molar refractivity (Wildman–Crippen MR) is 56.2 cm³/mol. The van der Waals surface area contributed by atoms with Crippen LogP contribution in [0.3, 0.4) is 0 Å². The highest BCUT2D eigenvalue weighted by Gasteiger charge is 1.93. The number of rotatable bonds is 3. The monoisotopic (exact) mass is 197 g/mol. The number of aromatic amines is 1. The molecule has 0 saturated heterocycles. The fraction of sp³-hybridized carbons (Fsp3) is 0.300. The van der Waals surface area contributed by atoms with E-state index in [0.717, 1.165) is 12.0 Å². The number of H-pyrrole nitrogens is 1. The van der Waals surface area contributed by atoms with E-state index in [-0.39, 0.29) is 5.56 Å². The quantitative estimate of drug-likeness (QED) is 0.742. The van der Waals surface area contributed by atoms with Crippen molar-refractivity contribution in [3.8, 4) is 0 Å². The Kier molecular flexibility index (Phi) is 3.77. The Balaban J connectivity index is 2.87. The molecular weight excluding hydrogens is 186 g/mol. The zero-order valence-corrected chi connectivity index (χ0v) is 8.27. The first-order chi connectivity index (χ1) is 6.24. The van der Waals surface area contributed by atoms with E-state index in [4.69, 9.17) is 11.6 Å². The number of halogens is 1. The van der Waals surface area contributed by atoms with Crippen LogP contribution in [-0.4, -0.2) is 10.9 Å². The van der Waals surface area contributed by atoms with Crippen LogP contribution in [-0.2, 0) is 0 Å². The highest BCUT2D eigenvalue weighted by molar-refractivity contribution is 6.17. The van der Waals surface area contributed by atoms with Crippen molar-refractivity contribution in [3.05, 3.63) is 39.8 Å². The molecule has 0 aromatic carbocycles.